The first-order valence-electron chi connectivity index (χ1n) is 7.78. The Labute approximate surface area is 150 Å². The van der Waals surface area contributed by atoms with Crippen molar-refractivity contribution in [2.24, 2.45) is 0 Å². The number of aliphatic hydroxyl groups is 1. The molecule has 2 rings (SSSR count). The van der Waals surface area contributed by atoms with Crippen molar-refractivity contribution in [2.45, 2.75) is 19.4 Å². The molecule has 0 aliphatic carbocycles. The van der Waals surface area contributed by atoms with Crippen molar-refractivity contribution in [1.29, 1.82) is 0 Å². The monoisotopic (exact) mass is 363 g/mol. The lowest BCUT2D eigenvalue weighted by Crippen LogP contribution is -2.37. The summed E-state index contributed by atoms with van der Waals surface area (Å²) in [6.07, 6.45) is 0. The molecule has 2 heterocycles. The smallest absolute Gasteiger partial charge is 0.350 e. The first kappa shape index (κ1) is 18.7. The number of carbonyl (C=O) groups is 1. The highest BCUT2D eigenvalue weighted by Gasteiger charge is 2.43. The Morgan fingerprint density at radius 3 is 2.21 bits per heavy atom. The van der Waals surface area contributed by atoms with Gasteiger partial charge in [0.2, 0.25) is 5.60 Å². The molecule has 0 amide bonds. The van der Waals surface area contributed by atoms with Gasteiger partial charge in [0.05, 0.1) is 16.3 Å². The van der Waals surface area contributed by atoms with Gasteiger partial charge in [0.1, 0.15) is 0 Å². The summed E-state index contributed by atoms with van der Waals surface area (Å²) in [6.45, 7) is 6.63. The lowest BCUT2D eigenvalue weighted by Gasteiger charge is -2.23. The second-order valence-corrected chi connectivity index (χ2v) is 6.95. The fourth-order valence-electron chi connectivity index (χ4n) is 2.16. The molecule has 0 unspecified atom stereocenters. The van der Waals surface area contributed by atoms with Crippen LogP contribution in [0.5, 0.6) is 0 Å². The Balaban J connectivity index is 2.04. The third-order valence-electron chi connectivity index (χ3n) is 3.65. The number of esters is 1. The maximum Gasteiger partial charge on any atom is 0.350 e. The van der Waals surface area contributed by atoms with Crippen LogP contribution in [0.3, 0.4) is 0 Å². The third kappa shape index (κ3) is 4.25. The Kier molecular flexibility index (Phi) is 7.00. The van der Waals surface area contributed by atoms with Crippen LogP contribution in [-0.2, 0) is 15.1 Å². The van der Waals surface area contributed by atoms with E-state index in [1.165, 1.54) is 22.7 Å². The van der Waals surface area contributed by atoms with Crippen molar-refractivity contribution in [2.75, 3.05) is 26.2 Å². The van der Waals surface area contributed by atoms with Gasteiger partial charge in [-0.3, -0.25) is 4.90 Å². The highest BCUT2D eigenvalue weighted by Crippen LogP contribution is 2.36. The Morgan fingerprint density at radius 2 is 1.75 bits per heavy atom. The minimum Gasteiger partial charge on any atom is -0.450 e. The van der Waals surface area contributed by atoms with Crippen LogP contribution >= 0.6 is 22.7 Å². The van der Waals surface area contributed by atoms with Gasteiger partial charge in [0, 0.05) is 0 Å². The van der Waals surface area contributed by atoms with Gasteiger partial charge in [-0.1, -0.05) is 37.8 Å². The molecule has 0 saturated carbocycles. The average molecular weight is 364 g/mol. The van der Waals surface area contributed by atoms with Crippen molar-refractivity contribution in [3.05, 3.63) is 44.8 Å². The maximum atomic E-state index is 12.5. The van der Waals surface area contributed by atoms with E-state index in [-0.39, 0.29) is 6.61 Å². The molecule has 0 aromatic carbocycles. The zero-order valence-corrected chi connectivity index (χ0v) is 15.5. The molecule has 4 nitrogen and oxygen atoms in total. The first-order chi connectivity index (χ1) is 11.6. The van der Waals surface area contributed by atoms with Crippen LogP contribution in [0.4, 0.5) is 0 Å². The van der Waals surface area contributed by atoms with Crippen molar-refractivity contribution in [3.8, 4) is 11.8 Å². The van der Waals surface area contributed by atoms with Crippen molar-refractivity contribution in [3.63, 3.8) is 0 Å². The van der Waals surface area contributed by atoms with Crippen molar-refractivity contribution >= 4 is 28.6 Å². The van der Waals surface area contributed by atoms with E-state index in [1.54, 1.807) is 24.3 Å². The summed E-state index contributed by atoms with van der Waals surface area (Å²) >= 11 is 2.65. The summed E-state index contributed by atoms with van der Waals surface area (Å²) in [6, 6.07) is 7.07. The Hall–Kier alpha value is -1.65. The van der Waals surface area contributed by atoms with Gasteiger partial charge in [-0.25, -0.2) is 4.79 Å². The molecule has 0 saturated heterocycles. The molecule has 128 valence electrons. The lowest BCUT2D eigenvalue weighted by atomic mass is 10.0. The normalized spacial score (nSPS) is 11.2. The summed E-state index contributed by atoms with van der Waals surface area (Å²) in [5, 5.41) is 14.7. The van der Waals surface area contributed by atoms with E-state index in [0.717, 1.165) is 13.1 Å². The van der Waals surface area contributed by atoms with Gasteiger partial charge in [-0.2, -0.15) is 0 Å². The number of carbonyl (C=O) groups excluding carboxylic acids is 1. The topological polar surface area (TPSA) is 49.8 Å². The Morgan fingerprint density at radius 1 is 1.17 bits per heavy atom. The molecule has 0 radical (unpaired) electrons. The quantitative estimate of drug-likeness (QED) is 0.607. The van der Waals surface area contributed by atoms with E-state index in [4.69, 9.17) is 4.74 Å². The van der Waals surface area contributed by atoms with Crippen LogP contribution in [0.15, 0.2) is 35.0 Å². The standard InChI is InChI=1S/C18H21NO3S2/c1-3-19(4-2)11-5-6-12-22-17(20)18(21,15-9-7-13-23-15)16-10-8-14-24-16/h7-10,13-14,21H,3-4,11-12H2,1-2H3. The zero-order valence-electron chi connectivity index (χ0n) is 13.8. The number of nitrogens with zero attached hydrogens (tertiary/aromatic N) is 1. The van der Waals surface area contributed by atoms with Crippen LogP contribution in [0.2, 0.25) is 0 Å². The summed E-state index contributed by atoms with van der Waals surface area (Å²) in [4.78, 5) is 15.8. The van der Waals surface area contributed by atoms with Crippen molar-refractivity contribution < 1.29 is 14.6 Å². The molecule has 0 atom stereocenters. The largest absolute Gasteiger partial charge is 0.450 e. The molecule has 6 heteroatoms. The number of hydrogen-bond acceptors (Lipinski definition) is 6. The molecule has 24 heavy (non-hydrogen) atoms. The Bertz CT molecular complexity index is 645. The van der Waals surface area contributed by atoms with E-state index in [9.17, 15) is 9.90 Å². The van der Waals surface area contributed by atoms with Gasteiger partial charge in [0.15, 0.2) is 6.61 Å². The molecule has 0 bridgehead atoms. The molecular formula is C18H21NO3S2. The van der Waals surface area contributed by atoms with Crippen LogP contribution in [0.1, 0.15) is 23.6 Å². The van der Waals surface area contributed by atoms with Gasteiger partial charge in [-0.15, -0.1) is 22.7 Å². The van der Waals surface area contributed by atoms with Gasteiger partial charge >= 0.3 is 5.97 Å². The molecular weight excluding hydrogens is 342 g/mol. The molecule has 0 fully saturated rings. The second kappa shape index (κ2) is 9.00. The highest BCUT2D eigenvalue weighted by molar-refractivity contribution is 7.12. The number of thiophene rings is 2. The average Bonchev–Trinajstić information content (AvgIpc) is 3.31. The van der Waals surface area contributed by atoms with Crippen LogP contribution < -0.4 is 0 Å². The highest BCUT2D eigenvalue weighted by atomic mass is 32.1. The van der Waals surface area contributed by atoms with Crippen molar-refractivity contribution in [1.82, 2.24) is 4.90 Å². The van der Waals surface area contributed by atoms with Gasteiger partial charge in [0.25, 0.3) is 0 Å². The maximum absolute atomic E-state index is 12.5. The van der Waals surface area contributed by atoms with Crippen LogP contribution in [-0.4, -0.2) is 42.2 Å². The van der Waals surface area contributed by atoms with E-state index < -0.39 is 11.6 Å². The van der Waals surface area contributed by atoms with E-state index in [0.29, 0.717) is 16.3 Å². The van der Waals surface area contributed by atoms with E-state index in [2.05, 4.69) is 30.6 Å². The fourth-order valence-corrected chi connectivity index (χ4v) is 3.88. The number of ether oxygens (including phenoxy) is 1. The third-order valence-corrected chi connectivity index (χ3v) is 5.61. The van der Waals surface area contributed by atoms with Crippen LogP contribution in [0, 0.1) is 11.8 Å². The lowest BCUT2D eigenvalue weighted by molar-refractivity contribution is -0.160. The molecule has 2 aromatic rings. The zero-order chi connectivity index (χ0) is 17.4. The molecule has 0 aliphatic rings. The summed E-state index contributed by atoms with van der Waals surface area (Å²) < 4.78 is 5.24. The minimum absolute atomic E-state index is 0.0286. The van der Waals surface area contributed by atoms with E-state index >= 15 is 0 Å². The minimum atomic E-state index is -1.76. The molecule has 2 aromatic heterocycles. The molecule has 0 aliphatic heterocycles. The predicted molar refractivity (Wildman–Crippen MR) is 98.2 cm³/mol. The van der Waals surface area contributed by atoms with Gasteiger partial charge < -0.3 is 9.84 Å². The van der Waals surface area contributed by atoms with E-state index in [1.807, 2.05) is 10.8 Å². The molecule has 0 spiro atoms. The summed E-state index contributed by atoms with van der Waals surface area (Å²) in [5.41, 5.74) is -1.76. The van der Waals surface area contributed by atoms with Gasteiger partial charge in [-0.05, 0) is 36.0 Å². The number of rotatable bonds is 7. The second-order valence-electron chi connectivity index (χ2n) is 5.06. The molecule has 1 N–H and O–H groups in total. The first-order valence-corrected chi connectivity index (χ1v) is 9.54. The van der Waals surface area contributed by atoms with Crippen LogP contribution in [0.25, 0.3) is 0 Å². The summed E-state index contributed by atoms with van der Waals surface area (Å²) in [7, 11) is 0. The summed E-state index contributed by atoms with van der Waals surface area (Å²) in [5.74, 6) is 5.13. The number of hydrogen-bond donors (Lipinski definition) is 1. The predicted octanol–water partition coefficient (Wildman–Crippen LogP) is 2.93. The SMILES string of the molecule is CCN(CC)CC#CCOC(=O)C(O)(c1cccs1)c1cccs1. The fraction of sp³-hybridized carbons (Fsp3) is 0.389.